The van der Waals surface area contributed by atoms with Crippen LogP contribution in [0.15, 0.2) is 24.3 Å². The minimum absolute atomic E-state index is 0.383. The van der Waals surface area contributed by atoms with E-state index in [9.17, 15) is 18.0 Å². The zero-order valence-electron chi connectivity index (χ0n) is 10.3. The maximum absolute atomic E-state index is 12.4. The molecule has 1 atom stereocenters. The van der Waals surface area contributed by atoms with Crippen molar-refractivity contribution in [3.63, 3.8) is 0 Å². The average Bonchev–Trinajstić information content (AvgIpc) is 2.38. The maximum atomic E-state index is 12.4. The van der Waals surface area contributed by atoms with Crippen molar-refractivity contribution in [2.24, 2.45) is 0 Å². The molecule has 1 unspecified atom stereocenters. The van der Waals surface area contributed by atoms with E-state index in [0.717, 1.165) is 12.1 Å². The number of carbonyl (C=O) groups is 1. The van der Waals surface area contributed by atoms with Gasteiger partial charge in [-0.25, -0.2) is 0 Å². The van der Waals surface area contributed by atoms with Crippen LogP contribution in [0.5, 0.6) is 0 Å². The molecule has 0 aliphatic carbocycles. The molecular weight excluding hydrogens is 281 g/mol. The number of hydrogen-bond acceptors (Lipinski definition) is 2. The average molecular weight is 295 g/mol. The van der Waals surface area contributed by atoms with E-state index in [1.54, 1.807) is 0 Å². The third-order valence-electron chi connectivity index (χ3n) is 2.75. The number of alkyl halides is 4. The van der Waals surface area contributed by atoms with Gasteiger partial charge in [0.2, 0.25) is 0 Å². The third-order valence-corrected chi connectivity index (χ3v) is 3.02. The molecule has 0 N–H and O–H groups in total. The zero-order valence-corrected chi connectivity index (χ0v) is 11.1. The van der Waals surface area contributed by atoms with Crippen LogP contribution in [-0.2, 0) is 15.7 Å². The van der Waals surface area contributed by atoms with E-state index in [4.69, 9.17) is 11.6 Å². The van der Waals surface area contributed by atoms with Gasteiger partial charge in [-0.15, -0.1) is 11.6 Å². The topological polar surface area (TPSA) is 26.3 Å². The maximum Gasteiger partial charge on any atom is 0.416 e. The van der Waals surface area contributed by atoms with E-state index in [1.807, 2.05) is 0 Å². The van der Waals surface area contributed by atoms with Gasteiger partial charge >= 0.3 is 12.1 Å². The highest BCUT2D eigenvalue weighted by Gasteiger charge is 2.30. The molecule has 2 nitrogen and oxygen atoms in total. The molecule has 0 aromatic heterocycles. The van der Waals surface area contributed by atoms with Crippen LogP contribution in [0.3, 0.4) is 0 Å². The highest BCUT2D eigenvalue weighted by atomic mass is 35.5. The van der Waals surface area contributed by atoms with Crippen LogP contribution in [0.4, 0.5) is 13.2 Å². The predicted octanol–water partition coefficient (Wildman–Crippen LogP) is 3.98. The Balaban J connectivity index is 2.93. The van der Waals surface area contributed by atoms with E-state index in [1.165, 1.54) is 19.2 Å². The lowest BCUT2D eigenvalue weighted by molar-refractivity contribution is -0.142. The Hall–Kier alpha value is -1.23. The summed E-state index contributed by atoms with van der Waals surface area (Å²) >= 11 is 5.57. The molecule has 0 fully saturated rings. The van der Waals surface area contributed by atoms with Gasteiger partial charge in [-0.05, 0) is 30.5 Å². The van der Waals surface area contributed by atoms with E-state index in [2.05, 4.69) is 4.74 Å². The number of esters is 1. The van der Waals surface area contributed by atoms with Gasteiger partial charge in [-0.3, -0.25) is 4.79 Å². The number of methoxy groups -OCH3 is 1. The molecule has 0 heterocycles. The van der Waals surface area contributed by atoms with Gasteiger partial charge in [-0.1, -0.05) is 12.1 Å². The summed E-state index contributed by atoms with van der Waals surface area (Å²) in [4.78, 5) is 11.6. The fourth-order valence-electron chi connectivity index (χ4n) is 1.75. The van der Waals surface area contributed by atoms with E-state index >= 15 is 0 Å². The Morgan fingerprint density at radius 1 is 1.32 bits per heavy atom. The first-order chi connectivity index (χ1) is 8.90. The molecule has 1 aromatic rings. The highest BCUT2D eigenvalue weighted by molar-refractivity contribution is 6.17. The summed E-state index contributed by atoms with van der Waals surface area (Å²) in [7, 11) is 1.25. The monoisotopic (exact) mass is 294 g/mol. The summed E-state index contributed by atoms with van der Waals surface area (Å²) in [6.07, 6.45) is -3.35. The zero-order chi connectivity index (χ0) is 14.5. The highest BCUT2D eigenvalue weighted by Crippen LogP contribution is 2.31. The molecule has 0 spiro atoms. The largest absolute Gasteiger partial charge is 0.469 e. The van der Waals surface area contributed by atoms with Crippen LogP contribution in [0.25, 0.3) is 0 Å². The molecule has 106 valence electrons. The van der Waals surface area contributed by atoms with Gasteiger partial charge in [0, 0.05) is 5.88 Å². The molecule has 0 saturated heterocycles. The number of halogens is 4. The SMILES string of the molecule is COC(=O)C(CCCCl)c1ccc(C(F)(F)F)cc1. The van der Waals surface area contributed by atoms with Gasteiger partial charge in [0.05, 0.1) is 18.6 Å². The first-order valence-corrected chi connectivity index (χ1v) is 6.24. The normalized spacial score (nSPS) is 13.1. The number of hydrogen-bond donors (Lipinski definition) is 0. The Bertz CT molecular complexity index is 415. The summed E-state index contributed by atoms with van der Waals surface area (Å²) in [5.41, 5.74) is -0.234. The molecule has 1 aromatic carbocycles. The molecule has 6 heteroatoms. The summed E-state index contributed by atoms with van der Waals surface area (Å²) in [5.74, 6) is -0.662. The van der Waals surface area contributed by atoms with Crippen molar-refractivity contribution in [2.45, 2.75) is 24.9 Å². The molecule has 0 saturated carbocycles. The van der Waals surface area contributed by atoms with Crippen LogP contribution in [0.2, 0.25) is 0 Å². The number of rotatable bonds is 5. The van der Waals surface area contributed by atoms with E-state index < -0.39 is 23.6 Å². The standard InChI is InChI=1S/C13H14ClF3O2/c1-19-12(18)11(3-2-8-14)9-4-6-10(7-5-9)13(15,16)17/h4-7,11H,2-3,8H2,1H3. The second-order valence-electron chi connectivity index (χ2n) is 4.03. The molecular formula is C13H14ClF3O2. The van der Waals surface area contributed by atoms with Crippen molar-refractivity contribution in [3.05, 3.63) is 35.4 Å². The number of carbonyl (C=O) groups excluding carboxylic acids is 1. The van der Waals surface area contributed by atoms with Gasteiger partial charge in [-0.2, -0.15) is 13.2 Å². The minimum Gasteiger partial charge on any atom is -0.469 e. The van der Waals surface area contributed by atoms with Crippen molar-refractivity contribution in [2.75, 3.05) is 13.0 Å². The first-order valence-electron chi connectivity index (χ1n) is 5.71. The first kappa shape index (κ1) is 15.8. The van der Waals surface area contributed by atoms with E-state index in [-0.39, 0.29) is 0 Å². The third kappa shape index (κ3) is 4.42. The smallest absolute Gasteiger partial charge is 0.416 e. The quantitative estimate of drug-likeness (QED) is 0.606. The van der Waals surface area contributed by atoms with Gasteiger partial charge in [0.15, 0.2) is 0 Å². The molecule has 0 bridgehead atoms. The number of benzene rings is 1. The molecule has 0 amide bonds. The molecule has 1 rings (SSSR count). The lowest BCUT2D eigenvalue weighted by Crippen LogP contribution is -2.15. The summed E-state index contributed by atoms with van der Waals surface area (Å²) in [6.45, 7) is 0. The van der Waals surface area contributed by atoms with Crippen LogP contribution in [0, 0.1) is 0 Å². The fraction of sp³-hybridized carbons (Fsp3) is 0.462. The second-order valence-corrected chi connectivity index (χ2v) is 4.40. The molecule has 0 radical (unpaired) electrons. The van der Waals surface area contributed by atoms with Crippen molar-refractivity contribution in [1.82, 2.24) is 0 Å². The fourth-order valence-corrected chi connectivity index (χ4v) is 1.90. The molecule has 0 aliphatic heterocycles. The lowest BCUT2D eigenvalue weighted by Gasteiger charge is -2.15. The lowest BCUT2D eigenvalue weighted by atomic mass is 9.94. The molecule has 19 heavy (non-hydrogen) atoms. The van der Waals surface area contributed by atoms with Gasteiger partial charge in [0.25, 0.3) is 0 Å². The predicted molar refractivity (Wildman–Crippen MR) is 66.2 cm³/mol. The Labute approximate surface area is 114 Å². The molecule has 0 aliphatic rings. The van der Waals surface area contributed by atoms with Crippen molar-refractivity contribution in [3.8, 4) is 0 Å². The number of ether oxygens (including phenoxy) is 1. The summed E-state index contributed by atoms with van der Waals surface area (Å²) in [6, 6.07) is 4.54. The van der Waals surface area contributed by atoms with Crippen molar-refractivity contribution < 1.29 is 22.7 Å². The van der Waals surface area contributed by atoms with E-state index in [0.29, 0.717) is 24.3 Å². The summed E-state index contributed by atoms with van der Waals surface area (Å²) < 4.78 is 42.0. The van der Waals surface area contributed by atoms with Crippen LogP contribution in [0.1, 0.15) is 29.9 Å². The van der Waals surface area contributed by atoms with Crippen LogP contribution in [-0.4, -0.2) is 19.0 Å². The Morgan fingerprint density at radius 3 is 2.32 bits per heavy atom. The van der Waals surface area contributed by atoms with Crippen molar-refractivity contribution in [1.29, 1.82) is 0 Å². The van der Waals surface area contributed by atoms with Crippen LogP contribution < -0.4 is 0 Å². The van der Waals surface area contributed by atoms with Crippen molar-refractivity contribution >= 4 is 17.6 Å². The Morgan fingerprint density at radius 2 is 1.89 bits per heavy atom. The second kappa shape index (κ2) is 6.80. The Kier molecular flexibility index (Phi) is 5.66. The van der Waals surface area contributed by atoms with Gasteiger partial charge in [0.1, 0.15) is 0 Å². The van der Waals surface area contributed by atoms with Crippen LogP contribution >= 0.6 is 11.6 Å². The van der Waals surface area contributed by atoms with Gasteiger partial charge < -0.3 is 4.74 Å². The summed E-state index contributed by atoms with van der Waals surface area (Å²) in [5, 5.41) is 0. The minimum atomic E-state index is -4.38.